The van der Waals surface area contributed by atoms with Crippen molar-refractivity contribution in [2.45, 2.75) is 0 Å². The molecule has 9 heteroatoms. The fourth-order valence-electron chi connectivity index (χ4n) is 2.75. The topological polar surface area (TPSA) is 109 Å². The molecule has 1 heterocycles. The summed E-state index contributed by atoms with van der Waals surface area (Å²) >= 11 is 0.750. The van der Waals surface area contributed by atoms with Crippen molar-refractivity contribution in [3.63, 3.8) is 0 Å². The summed E-state index contributed by atoms with van der Waals surface area (Å²) in [5.74, 6) is -0.117. The zero-order valence-electron chi connectivity index (χ0n) is 16.2. The highest BCUT2D eigenvalue weighted by molar-refractivity contribution is 8.18. The number of hydrogen-bond donors (Lipinski definition) is 1. The Bertz CT molecular complexity index is 1090. The first-order valence-corrected chi connectivity index (χ1v) is 9.55. The van der Waals surface area contributed by atoms with E-state index in [0.717, 1.165) is 16.7 Å². The molecule has 2 aromatic carbocycles. The fourth-order valence-corrected chi connectivity index (χ4v) is 3.59. The van der Waals surface area contributed by atoms with Gasteiger partial charge in [0.05, 0.1) is 30.4 Å². The minimum Gasteiger partial charge on any atom is -0.493 e. The number of rotatable bonds is 6. The van der Waals surface area contributed by atoms with Gasteiger partial charge in [-0.05, 0) is 47.7 Å². The third-order valence-corrected chi connectivity index (χ3v) is 5.11. The van der Waals surface area contributed by atoms with Gasteiger partial charge in [0.1, 0.15) is 12.6 Å². The molecule has 3 rings (SSSR count). The lowest BCUT2D eigenvalue weighted by atomic mass is 10.2. The molecule has 0 bridgehead atoms. The summed E-state index contributed by atoms with van der Waals surface area (Å²) in [6, 6.07) is 13.5. The molecular weight excluding hydrogens is 406 g/mol. The van der Waals surface area contributed by atoms with E-state index in [2.05, 4.69) is 5.32 Å². The van der Waals surface area contributed by atoms with Gasteiger partial charge < -0.3 is 14.8 Å². The molecule has 8 nitrogen and oxygen atoms in total. The van der Waals surface area contributed by atoms with E-state index in [1.807, 2.05) is 6.07 Å². The second-order valence-electron chi connectivity index (χ2n) is 6.09. The van der Waals surface area contributed by atoms with E-state index in [1.54, 1.807) is 48.5 Å². The molecule has 2 aromatic rings. The van der Waals surface area contributed by atoms with Crippen molar-refractivity contribution in [2.24, 2.45) is 0 Å². The van der Waals surface area contributed by atoms with E-state index in [4.69, 9.17) is 14.7 Å². The van der Waals surface area contributed by atoms with Gasteiger partial charge in [-0.3, -0.25) is 19.3 Å². The first-order chi connectivity index (χ1) is 14.5. The third-order valence-electron chi connectivity index (χ3n) is 4.20. The summed E-state index contributed by atoms with van der Waals surface area (Å²) in [6.45, 7) is -0.451. The van der Waals surface area contributed by atoms with Crippen LogP contribution in [-0.2, 0) is 9.59 Å². The van der Waals surface area contributed by atoms with Gasteiger partial charge in [0.15, 0.2) is 11.5 Å². The van der Waals surface area contributed by atoms with Gasteiger partial charge in [-0.15, -0.1) is 0 Å². The second kappa shape index (κ2) is 9.15. The highest BCUT2D eigenvalue weighted by Crippen LogP contribution is 2.34. The summed E-state index contributed by atoms with van der Waals surface area (Å²) in [5.41, 5.74) is 1.25. The van der Waals surface area contributed by atoms with Gasteiger partial charge in [0, 0.05) is 0 Å². The van der Waals surface area contributed by atoms with Crippen molar-refractivity contribution >= 4 is 40.6 Å². The molecule has 0 saturated carbocycles. The molecule has 1 aliphatic rings. The van der Waals surface area contributed by atoms with Gasteiger partial charge in [-0.2, -0.15) is 5.26 Å². The number of imide groups is 1. The molecule has 30 heavy (non-hydrogen) atoms. The lowest BCUT2D eigenvalue weighted by Crippen LogP contribution is -2.36. The predicted molar refractivity (Wildman–Crippen MR) is 112 cm³/mol. The van der Waals surface area contributed by atoms with E-state index < -0.39 is 23.6 Å². The zero-order chi connectivity index (χ0) is 21.7. The van der Waals surface area contributed by atoms with E-state index in [-0.39, 0.29) is 10.5 Å². The first kappa shape index (κ1) is 21.0. The average molecular weight is 423 g/mol. The van der Waals surface area contributed by atoms with Crippen molar-refractivity contribution in [1.82, 2.24) is 4.90 Å². The molecule has 0 radical (unpaired) electrons. The number of thioether (sulfide) groups is 1. The Balaban J connectivity index is 1.74. The molecule has 0 atom stereocenters. The number of benzene rings is 2. The quantitative estimate of drug-likeness (QED) is 0.711. The van der Waals surface area contributed by atoms with Gasteiger partial charge in [-0.25, -0.2) is 0 Å². The Kier molecular flexibility index (Phi) is 6.39. The van der Waals surface area contributed by atoms with Crippen LogP contribution in [0.2, 0.25) is 0 Å². The number of nitriles is 1. The van der Waals surface area contributed by atoms with Crippen LogP contribution in [0.3, 0.4) is 0 Å². The maximum absolute atomic E-state index is 12.6. The molecular formula is C21H17N3O5S. The van der Waals surface area contributed by atoms with Crippen LogP contribution in [0.4, 0.5) is 10.5 Å². The van der Waals surface area contributed by atoms with E-state index >= 15 is 0 Å². The number of carbonyl (C=O) groups is 3. The number of ether oxygens (including phenoxy) is 2. The smallest absolute Gasteiger partial charge is 0.294 e. The van der Waals surface area contributed by atoms with Crippen molar-refractivity contribution in [1.29, 1.82) is 5.26 Å². The molecule has 0 aliphatic carbocycles. The monoisotopic (exact) mass is 423 g/mol. The molecule has 0 spiro atoms. The number of para-hydroxylation sites is 1. The third kappa shape index (κ3) is 4.45. The van der Waals surface area contributed by atoms with Crippen LogP contribution in [0.5, 0.6) is 11.5 Å². The SMILES string of the molecule is COc1ccc(/C=C2/SC(=O)N(CC(=O)Nc3ccccc3C#N)C2=O)cc1OC. The highest BCUT2D eigenvalue weighted by Gasteiger charge is 2.36. The zero-order valence-corrected chi connectivity index (χ0v) is 17.0. The fraction of sp³-hybridized carbons (Fsp3) is 0.143. The van der Waals surface area contributed by atoms with Gasteiger partial charge >= 0.3 is 0 Å². The number of carbonyl (C=O) groups excluding carboxylic acids is 3. The molecule has 3 amide bonds. The van der Waals surface area contributed by atoms with Crippen LogP contribution in [0.15, 0.2) is 47.4 Å². The minimum atomic E-state index is -0.577. The molecule has 0 unspecified atom stereocenters. The molecule has 1 aliphatic heterocycles. The average Bonchev–Trinajstić information content (AvgIpc) is 3.01. The van der Waals surface area contributed by atoms with Crippen LogP contribution in [0, 0.1) is 11.3 Å². The Morgan fingerprint density at radius 2 is 1.90 bits per heavy atom. The van der Waals surface area contributed by atoms with Crippen molar-refractivity contribution < 1.29 is 23.9 Å². The largest absolute Gasteiger partial charge is 0.493 e. The van der Waals surface area contributed by atoms with Crippen molar-refractivity contribution in [3.8, 4) is 17.6 Å². The maximum atomic E-state index is 12.6. The molecule has 1 fully saturated rings. The standard InChI is InChI=1S/C21H17N3O5S/c1-28-16-8-7-13(9-17(16)29-2)10-18-20(26)24(21(27)30-18)12-19(25)23-15-6-4-3-5-14(15)11-22/h3-10H,12H2,1-2H3,(H,23,25)/b18-10+. The van der Waals surface area contributed by atoms with Gasteiger partial charge in [0.25, 0.3) is 11.1 Å². The van der Waals surface area contributed by atoms with Crippen molar-refractivity contribution in [2.75, 3.05) is 26.1 Å². The minimum absolute atomic E-state index is 0.192. The van der Waals surface area contributed by atoms with E-state index in [9.17, 15) is 14.4 Å². The first-order valence-electron chi connectivity index (χ1n) is 8.73. The Morgan fingerprint density at radius 1 is 1.17 bits per heavy atom. The molecule has 1 saturated heterocycles. The van der Waals surface area contributed by atoms with Gasteiger partial charge in [0.2, 0.25) is 5.91 Å². The summed E-state index contributed by atoms with van der Waals surface area (Å²) in [6.07, 6.45) is 1.55. The number of methoxy groups -OCH3 is 2. The molecule has 0 aromatic heterocycles. The van der Waals surface area contributed by atoms with Crippen LogP contribution >= 0.6 is 11.8 Å². The summed E-state index contributed by atoms with van der Waals surface area (Å²) < 4.78 is 10.4. The van der Waals surface area contributed by atoms with E-state index in [1.165, 1.54) is 14.2 Å². The second-order valence-corrected chi connectivity index (χ2v) is 7.08. The van der Waals surface area contributed by atoms with Crippen molar-refractivity contribution in [3.05, 3.63) is 58.5 Å². The Labute approximate surface area is 177 Å². The number of hydrogen-bond acceptors (Lipinski definition) is 7. The van der Waals surface area contributed by atoms with Gasteiger partial charge in [-0.1, -0.05) is 18.2 Å². The normalized spacial score (nSPS) is 14.6. The number of nitrogens with one attached hydrogen (secondary N) is 1. The predicted octanol–water partition coefficient (Wildman–Crippen LogP) is 3.25. The molecule has 152 valence electrons. The number of anilines is 1. The lowest BCUT2D eigenvalue weighted by molar-refractivity contribution is -0.127. The lowest BCUT2D eigenvalue weighted by Gasteiger charge is -2.13. The van der Waals surface area contributed by atoms with Crippen LogP contribution in [0.1, 0.15) is 11.1 Å². The van der Waals surface area contributed by atoms with Crippen LogP contribution in [-0.4, -0.2) is 42.7 Å². The van der Waals surface area contributed by atoms with Crippen LogP contribution < -0.4 is 14.8 Å². The Morgan fingerprint density at radius 3 is 2.60 bits per heavy atom. The summed E-state index contributed by atoms with van der Waals surface area (Å²) in [4.78, 5) is 38.3. The number of nitrogens with zero attached hydrogens (tertiary/aromatic N) is 2. The van der Waals surface area contributed by atoms with Crippen LogP contribution in [0.25, 0.3) is 6.08 Å². The highest BCUT2D eigenvalue weighted by atomic mass is 32.2. The summed E-state index contributed by atoms with van der Waals surface area (Å²) in [5, 5.41) is 11.1. The Hall–Kier alpha value is -3.77. The summed E-state index contributed by atoms with van der Waals surface area (Å²) in [7, 11) is 3.02. The maximum Gasteiger partial charge on any atom is 0.294 e. The molecule has 1 N–H and O–H groups in total. The van der Waals surface area contributed by atoms with E-state index in [0.29, 0.717) is 22.7 Å². The number of amides is 3.